The Labute approximate surface area is 109 Å². The van der Waals surface area contributed by atoms with E-state index in [9.17, 15) is 9.59 Å². The summed E-state index contributed by atoms with van der Waals surface area (Å²) in [6.07, 6.45) is 0.00474. The number of aromatic nitrogens is 2. The predicted octanol–water partition coefficient (Wildman–Crippen LogP) is 1.74. The summed E-state index contributed by atoms with van der Waals surface area (Å²) in [7, 11) is 0. The lowest BCUT2D eigenvalue weighted by Gasteiger charge is -2.14. The fourth-order valence-electron chi connectivity index (χ4n) is 1.57. The highest BCUT2D eigenvalue weighted by Gasteiger charge is 2.12. The van der Waals surface area contributed by atoms with Gasteiger partial charge in [0.05, 0.1) is 11.8 Å². The van der Waals surface area contributed by atoms with Gasteiger partial charge in [-0.15, -0.1) is 0 Å². The van der Waals surface area contributed by atoms with Crippen LogP contribution in [0.3, 0.4) is 0 Å². The first-order valence-electron chi connectivity index (χ1n) is 5.91. The number of carbonyl (C=O) groups excluding carboxylic acids is 1. The van der Waals surface area contributed by atoms with Gasteiger partial charge in [0.15, 0.2) is 0 Å². The van der Waals surface area contributed by atoms with E-state index < -0.39 is 5.91 Å². The molecule has 0 bridgehead atoms. The maximum atomic E-state index is 11.9. The lowest BCUT2D eigenvalue weighted by molar-refractivity contribution is 0.102. The van der Waals surface area contributed by atoms with Gasteiger partial charge in [-0.2, -0.15) is 0 Å². The molecule has 6 nitrogen and oxygen atoms in total. The summed E-state index contributed by atoms with van der Waals surface area (Å²) in [6.45, 7) is 3.81. The van der Waals surface area contributed by atoms with Crippen molar-refractivity contribution in [1.29, 1.82) is 0 Å². The van der Waals surface area contributed by atoms with Gasteiger partial charge in [-0.1, -0.05) is 12.1 Å². The largest absolute Gasteiger partial charge is 0.489 e. The van der Waals surface area contributed by atoms with Gasteiger partial charge < -0.3 is 10.1 Å². The Kier molecular flexibility index (Phi) is 3.70. The van der Waals surface area contributed by atoms with Crippen LogP contribution in [-0.2, 0) is 0 Å². The molecule has 3 N–H and O–H groups in total. The highest BCUT2D eigenvalue weighted by molar-refractivity contribution is 6.03. The Hall–Kier alpha value is -2.50. The molecule has 0 saturated heterocycles. The van der Waals surface area contributed by atoms with E-state index in [0.717, 1.165) is 0 Å². The summed E-state index contributed by atoms with van der Waals surface area (Å²) in [4.78, 5) is 22.9. The SMILES string of the molecule is CC(C)Oc1ccccc1NC(=O)c1cc(=O)[nH][nH]1. The van der Waals surface area contributed by atoms with E-state index in [1.165, 1.54) is 6.07 Å². The molecule has 1 aromatic heterocycles. The number of benzene rings is 1. The van der Waals surface area contributed by atoms with Crippen molar-refractivity contribution in [3.8, 4) is 5.75 Å². The quantitative estimate of drug-likeness (QED) is 0.783. The van der Waals surface area contributed by atoms with Crippen LogP contribution in [0.4, 0.5) is 5.69 Å². The number of hydrogen-bond donors (Lipinski definition) is 3. The molecule has 0 aliphatic heterocycles. The van der Waals surface area contributed by atoms with Crippen LogP contribution in [0.5, 0.6) is 5.75 Å². The van der Waals surface area contributed by atoms with E-state index in [0.29, 0.717) is 11.4 Å². The monoisotopic (exact) mass is 261 g/mol. The third kappa shape index (κ3) is 3.25. The zero-order valence-electron chi connectivity index (χ0n) is 10.7. The van der Waals surface area contributed by atoms with Gasteiger partial charge in [0, 0.05) is 6.07 Å². The van der Waals surface area contributed by atoms with Crippen molar-refractivity contribution in [1.82, 2.24) is 10.2 Å². The lowest BCUT2D eigenvalue weighted by atomic mass is 10.2. The van der Waals surface area contributed by atoms with Crippen molar-refractivity contribution in [2.45, 2.75) is 20.0 Å². The molecule has 0 unspecified atom stereocenters. The molecule has 0 radical (unpaired) electrons. The predicted molar refractivity (Wildman–Crippen MR) is 71.6 cm³/mol. The molecule has 6 heteroatoms. The van der Waals surface area contributed by atoms with Crippen LogP contribution in [0.2, 0.25) is 0 Å². The van der Waals surface area contributed by atoms with Crippen LogP contribution in [0.1, 0.15) is 24.3 Å². The molecule has 0 fully saturated rings. The topological polar surface area (TPSA) is 87.0 Å². The molecule has 1 amide bonds. The van der Waals surface area contributed by atoms with Gasteiger partial charge in [-0.3, -0.25) is 19.8 Å². The number of anilines is 1. The number of carbonyl (C=O) groups is 1. The van der Waals surface area contributed by atoms with Gasteiger partial charge in [-0.25, -0.2) is 0 Å². The van der Waals surface area contributed by atoms with Gasteiger partial charge in [-0.05, 0) is 26.0 Å². The van der Waals surface area contributed by atoms with Crippen molar-refractivity contribution in [3.63, 3.8) is 0 Å². The van der Waals surface area contributed by atoms with E-state index in [-0.39, 0.29) is 17.4 Å². The van der Waals surface area contributed by atoms with Crippen LogP contribution in [0, 0.1) is 0 Å². The minimum absolute atomic E-state index is 0.00474. The van der Waals surface area contributed by atoms with E-state index in [1.807, 2.05) is 19.9 Å². The normalized spacial score (nSPS) is 10.5. The highest BCUT2D eigenvalue weighted by Crippen LogP contribution is 2.25. The number of nitrogens with one attached hydrogen (secondary N) is 3. The summed E-state index contributed by atoms with van der Waals surface area (Å²) < 4.78 is 5.59. The molecule has 1 aromatic carbocycles. The fraction of sp³-hybridized carbons (Fsp3) is 0.231. The number of amides is 1. The average molecular weight is 261 g/mol. The average Bonchev–Trinajstić information content (AvgIpc) is 2.78. The Bertz CT molecular complexity index is 628. The van der Waals surface area contributed by atoms with Crippen molar-refractivity contribution < 1.29 is 9.53 Å². The second-order valence-electron chi connectivity index (χ2n) is 4.29. The summed E-state index contributed by atoms with van der Waals surface area (Å²) >= 11 is 0. The Morgan fingerprint density at radius 2 is 2.00 bits per heavy atom. The maximum absolute atomic E-state index is 11.9. The third-order valence-corrected chi connectivity index (χ3v) is 2.34. The van der Waals surface area contributed by atoms with Crippen molar-refractivity contribution in [2.24, 2.45) is 0 Å². The van der Waals surface area contributed by atoms with Crippen LogP contribution < -0.4 is 15.6 Å². The minimum Gasteiger partial charge on any atom is -0.489 e. The van der Waals surface area contributed by atoms with Gasteiger partial charge >= 0.3 is 0 Å². The summed E-state index contributed by atoms with van der Waals surface area (Å²) in [5.74, 6) is 0.182. The first-order chi connectivity index (χ1) is 9.06. The molecule has 0 spiro atoms. The molecule has 1 heterocycles. The Morgan fingerprint density at radius 1 is 1.26 bits per heavy atom. The van der Waals surface area contributed by atoms with Crippen LogP contribution in [0.25, 0.3) is 0 Å². The van der Waals surface area contributed by atoms with E-state index in [1.54, 1.807) is 18.2 Å². The zero-order valence-corrected chi connectivity index (χ0v) is 10.7. The van der Waals surface area contributed by atoms with Crippen molar-refractivity contribution >= 4 is 11.6 Å². The molecular weight excluding hydrogens is 246 g/mol. The number of para-hydroxylation sites is 2. The smallest absolute Gasteiger partial charge is 0.273 e. The second kappa shape index (κ2) is 5.43. The number of rotatable bonds is 4. The Balaban J connectivity index is 2.19. The van der Waals surface area contributed by atoms with Gasteiger partial charge in [0.2, 0.25) is 0 Å². The summed E-state index contributed by atoms with van der Waals surface area (Å²) in [5.41, 5.74) is 0.379. The molecule has 19 heavy (non-hydrogen) atoms. The van der Waals surface area contributed by atoms with Gasteiger partial charge in [0.1, 0.15) is 11.4 Å². The number of H-pyrrole nitrogens is 2. The first-order valence-corrected chi connectivity index (χ1v) is 5.91. The highest BCUT2D eigenvalue weighted by atomic mass is 16.5. The summed E-state index contributed by atoms with van der Waals surface area (Å²) in [5, 5.41) is 7.50. The molecule has 0 aliphatic rings. The van der Waals surface area contributed by atoms with E-state index in [4.69, 9.17) is 4.74 Å². The van der Waals surface area contributed by atoms with Crippen LogP contribution >= 0.6 is 0 Å². The fourth-order valence-corrected chi connectivity index (χ4v) is 1.57. The number of hydrogen-bond acceptors (Lipinski definition) is 3. The molecule has 0 atom stereocenters. The van der Waals surface area contributed by atoms with Crippen LogP contribution in [-0.4, -0.2) is 22.2 Å². The van der Waals surface area contributed by atoms with E-state index >= 15 is 0 Å². The maximum Gasteiger partial charge on any atom is 0.273 e. The number of ether oxygens (including phenoxy) is 1. The molecule has 0 aliphatic carbocycles. The minimum atomic E-state index is -0.404. The third-order valence-electron chi connectivity index (χ3n) is 2.34. The molecular formula is C13H15N3O3. The standard InChI is InChI=1S/C13H15N3O3/c1-8(2)19-11-6-4-3-5-9(11)14-13(18)10-7-12(17)16-15-10/h3-8H,1-2H3,(H,14,18)(H2,15,16,17). The number of aromatic amines is 2. The van der Waals surface area contributed by atoms with Crippen molar-refractivity contribution in [3.05, 3.63) is 46.4 Å². The van der Waals surface area contributed by atoms with Gasteiger partial charge in [0.25, 0.3) is 11.5 Å². The molecule has 100 valence electrons. The van der Waals surface area contributed by atoms with Crippen molar-refractivity contribution in [2.75, 3.05) is 5.32 Å². The Morgan fingerprint density at radius 3 is 2.63 bits per heavy atom. The van der Waals surface area contributed by atoms with E-state index in [2.05, 4.69) is 15.5 Å². The van der Waals surface area contributed by atoms with Crippen LogP contribution in [0.15, 0.2) is 35.1 Å². The zero-order chi connectivity index (χ0) is 13.8. The summed E-state index contributed by atoms with van der Waals surface area (Å²) in [6, 6.07) is 8.32. The molecule has 2 rings (SSSR count). The lowest BCUT2D eigenvalue weighted by Crippen LogP contribution is -2.15. The second-order valence-corrected chi connectivity index (χ2v) is 4.29. The first kappa shape index (κ1) is 12.9. The molecule has 2 aromatic rings. The molecule has 0 saturated carbocycles.